The van der Waals surface area contributed by atoms with Crippen molar-refractivity contribution in [3.63, 3.8) is 0 Å². The molecule has 0 saturated heterocycles. The highest BCUT2D eigenvalue weighted by atomic mass is 16.5. The fourth-order valence-electron chi connectivity index (χ4n) is 3.60. The van der Waals surface area contributed by atoms with E-state index in [0.717, 1.165) is 35.2 Å². The molecule has 132 valence electrons. The molecule has 0 N–H and O–H groups in total. The van der Waals surface area contributed by atoms with Gasteiger partial charge in [0.1, 0.15) is 0 Å². The molecule has 0 amide bonds. The van der Waals surface area contributed by atoms with Crippen molar-refractivity contribution in [1.82, 2.24) is 0 Å². The van der Waals surface area contributed by atoms with Crippen molar-refractivity contribution >= 4 is 5.71 Å². The second-order valence-electron chi connectivity index (χ2n) is 6.75. The van der Waals surface area contributed by atoms with Gasteiger partial charge in [0.25, 0.3) is 0 Å². The zero-order valence-electron chi connectivity index (χ0n) is 15.1. The first-order valence-electron chi connectivity index (χ1n) is 9.32. The summed E-state index contributed by atoms with van der Waals surface area (Å²) in [6, 6.07) is 28.1. The lowest BCUT2D eigenvalue weighted by Gasteiger charge is -2.12. The third-order valence-electron chi connectivity index (χ3n) is 4.98. The topological polar surface area (TPSA) is 26.1 Å². The number of hydrogen-bond acceptors (Lipinski definition) is 1. The summed E-state index contributed by atoms with van der Waals surface area (Å²) in [5, 5.41) is 13.0. The minimum absolute atomic E-state index is 0.105. The maximum absolute atomic E-state index is 13.0. The van der Waals surface area contributed by atoms with Gasteiger partial charge in [-0.1, -0.05) is 84.6 Å². The van der Waals surface area contributed by atoms with Crippen molar-refractivity contribution in [2.45, 2.75) is 25.3 Å². The van der Waals surface area contributed by atoms with Crippen LogP contribution in [0.2, 0.25) is 0 Å². The van der Waals surface area contributed by atoms with Gasteiger partial charge in [-0.25, -0.2) is 4.74 Å². The monoisotopic (exact) mass is 351 g/mol. The highest BCUT2D eigenvalue weighted by Crippen LogP contribution is 2.30. The van der Waals surface area contributed by atoms with Gasteiger partial charge in [-0.2, -0.15) is 0 Å². The number of benzene rings is 3. The molecule has 3 aromatic carbocycles. The van der Waals surface area contributed by atoms with Crippen LogP contribution in [0.3, 0.4) is 0 Å². The SMILES string of the molecule is [O-][N+]1=C(c2ccccc2C#CCc2ccccc2)CCC1c1ccccc1. The Bertz CT molecular complexity index is 1010. The molecular weight excluding hydrogens is 330 g/mol. The van der Waals surface area contributed by atoms with Crippen LogP contribution in [0.5, 0.6) is 0 Å². The van der Waals surface area contributed by atoms with Crippen molar-refractivity contribution in [2.75, 3.05) is 0 Å². The largest absolute Gasteiger partial charge is 0.623 e. The number of rotatable bonds is 3. The standard InChI is InChI=1S/C25H21NO/c27-26-24(22-14-5-2-6-15-22)18-19-25(26)23-17-8-7-13-21(23)16-9-12-20-10-3-1-4-11-20/h1-8,10-11,13-15,17,24H,12,18-19H2. The molecule has 0 bridgehead atoms. The average molecular weight is 351 g/mol. The maximum Gasteiger partial charge on any atom is 0.196 e. The van der Waals surface area contributed by atoms with E-state index in [0.29, 0.717) is 6.42 Å². The first kappa shape index (κ1) is 17.1. The van der Waals surface area contributed by atoms with Crippen molar-refractivity contribution in [3.05, 3.63) is 112 Å². The van der Waals surface area contributed by atoms with Crippen LogP contribution in [0.1, 0.15) is 41.1 Å². The predicted octanol–water partition coefficient (Wildman–Crippen LogP) is 5.12. The Labute approximate surface area is 160 Å². The number of hydroxylamine groups is 1. The lowest BCUT2D eigenvalue weighted by atomic mass is 10.00. The van der Waals surface area contributed by atoms with Crippen LogP contribution in [-0.2, 0) is 6.42 Å². The summed E-state index contributed by atoms with van der Waals surface area (Å²) in [6.07, 6.45) is 2.33. The van der Waals surface area contributed by atoms with Gasteiger partial charge in [0, 0.05) is 30.4 Å². The molecule has 0 radical (unpaired) electrons. The van der Waals surface area contributed by atoms with E-state index in [9.17, 15) is 5.21 Å². The van der Waals surface area contributed by atoms with Gasteiger partial charge in [0.15, 0.2) is 11.8 Å². The Morgan fingerprint density at radius 3 is 2.30 bits per heavy atom. The minimum atomic E-state index is -0.105. The van der Waals surface area contributed by atoms with Crippen molar-refractivity contribution in [2.24, 2.45) is 0 Å². The fraction of sp³-hybridized carbons (Fsp3) is 0.160. The molecular formula is C25H21NO. The molecule has 1 atom stereocenters. The Hall–Kier alpha value is -3.31. The van der Waals surface area contributed by atoms with Gasteiger partial charge < -0.3 is 5.21 Å². The lowest BCUT2D eigenvalue weighted by molar-refractivity contribution is -0.498. The molecule has 0 aliphatic carbocycles. The van der Waals surface area contributed by atoms with E-state index in [2.05, 4.69) is 24.0 Å². The Morgan fingerprint density at radius 1 is 0.852 bits per heavy atom. The molecule has 27 heavy (non-hydrogen) atoms. The van der Waals surface area contributed by atoms with Gasteiger partial charge >= 0.3 is 0 Å². The molecule has 4 rings (SSSR count). The van der Waals surface area contributed by atoms with Crippen LogP contribution in [0, 0.1) is 17.0 Å². The van der Waals surface area contributed by atoms with Crippen molar-refractivity contribution < 1.29 is 4.74 Å². The highest BCUT2D eigenvalue weighted by molar-refractivity contribution is 6.00. The summed E-state index contributed by atoms with van der Waals surface area (Å²) in [5.41, 5.74) is 5.01. The maximum atomic E-state index is 13.0. The van der Waals surface area contributed by atoms with E-state index >= 15 is 0 Å². The minimum Gasteiger partial charge on any atom is -0.623 e. The molecule has 3 aromatic rings. The second kappa shape index (κ2) is 7.93. The molecule has 1 aliphatic heterocycles. The summed E-state index contributed by atoms with van der Waals surface area (Å²) in [5.74, 6) is 6.53. The van der Waals surface area contributed by atoms with Crippen LogP contribution in [-0.4, -0.2) is 10.5 Å². The highest BCUT2D eigenvalue weighted by Gasteiger charge is 2.32. The van der Waals surface area contributed by atoms with E-state index < -0.39 is 0 Å². The molecule has 0 fully saturated rings. The van der Waals surface area contributed by atoms with Gasteiger partial charge in [-0.3, -0.25) is 0 Å². The van der Waals surface area contributed by atoms with Gasteiger partial charge in [-0.15, -0.1) is 0 Å². The number of hydrogen-bond donors (Lipinski definition) is 0. The molecule has 0 spiro atoms. The molecule has 1 heterocycles. The third kappa shape index (κ3) is 3.78. The summed E-state index contributed by atoms with van der Waals surface area (Å²) in [7, 11) is 0. The van der Waals surface area contributed by atoms with E-state index in [1.54, 1.807) is 0 Å². The fourth-order valence-corrected chi connectivity index (χ4v) is 3.60. The molecule has 2 nitrogen and oxygen atoms in total. The first-order valence-corrected chi connectivity index (χ1v) is 9.32. The number of nitrogens with zero attached hydrogens (tertiary/aromatic N) is 1. The summed E-state index contributed by atoms with van der Waals surface area (Å²) >= 11 is 0. The first-order chi connectivity index (χ1) is 13.3. The van der Waals surface area contributed by atoms with E-state index in [1.807, 2.05) is 72.8 Å². The Balaban J connectivity index is 1.63. The van der Waals surface area contributed by atoms with E-state index in [-0.39, 0.29) is 6.04 Å². The van der Waals surface area contributed by atoms with Gasteiger partial charge in [0.2, 0.25) is 0 Å². The molecule has 1 aliphatic rings. The predicted molar refractivity (Wildman–Crippen MR) is 110 cm³/mol. The zero-order valence-corrected chi connectivity index (χ0v) is 15.1. The van der Waals surface area contributed by atoms with Crippen LogP contribution in [0.15, 0.2) is 84.9 Å². The Kier molecular flexibility index (Phi) is 5.03. The Morgan fingerprint density at radius 2 is 1.52 bits per heavy atom. The van der Waals surface area contributed by atoms with Crippen LogP contribution < -0.4 is 0 Å². The van der Waals surface area contributed by atoms with Crippen molar-refractivity contribution in [1.29, 1.82) is 0 Å². The third-order valence-corrected chi connectivity index (χ3v) is 4.98. The molecule has 0 aromatic heterocycles. The summed E-state index contributed by atoms with van der Waals surface area (Å²) < 4.78 is 1.19. The summed E-state index contributed by atoms with van der Waals surface area (Å²) in [6.45, 7) is 0. The van der Waals surface area contributed by atoms with E-state index in [4.69, 9.17) is 0 Å². The molecule has 1 unspecified atom stereocenters. The van der Waals surface area contributed by atoms with Crippen LogP contribution >= 0.6 is 0 Å². The average Bonchev–Trinajstić information content (AvgIpc) is 3.11. The van der Waals surface area contributed by atoms with Gasteiger partial charge in [-0.05, 0) is 17.7 Å². The van der Waals surface area contributed by atoms with Gasteiger partial charge in [0.05, 0.1) is 5.56 Å². The van der Waals surface area contributed by atoms with Crippen LogP contribution in [0.25, 0.3) is 0 Å². The van der Waals surface area contributed by atoms with E-state index in [1.165, 1.54) is 10.3 Å². The summed E-state index contributed by atoms with van der Waals surface area (Å²) in [4.78, 5) is 0. The molecule has 0 saturated carbocycles. The zero-order chi connectivity index (χ0) is 18.5. The quantitative estimate of drug-likeness (QED) is 0.366. The smallest absolute Gasteiger partial charge is 0.196 e. The normalized spacial score (nSPS) is 16.1. The second-order valence-corrected chi connectivity index (χ2v) is 6.75. The lowest BCUT2D eigenvalue weighted by Crippen LogP contribution is -2.14. The van der Waals surface area contributed by atoms with Crippen molar-refractivity contribution in [3.8, 4) is 11.8 Å². The van der Waals surface area contributed by atoms with Crippen LogP contribution in [0.4, 0.5) is 0 Å². The molecule has 2 heteroatoms.